The van der Waals surface area contributed by atoms with Crippen LogP contribution in [-0.4, -0.2) is 5.78 Å². The Morgan fingerprint density at radius 1 is 1.36 bits per heavy atom. The van der Waals surface area contributed by atoms with E-state index in [1.54, 1.807) is 11.3 Å². The van der Waals surface area contributed by atoms with Gasteiger partial charge >= 0.3 is 0 Å². The molecule has 14 heavy (non-hydrogen) atoms. The van der Waals surface area contributed by atoms with Crippen molar-refractivity contribution < 1.29 is 4.79 Å². The Hall–Kier alpha value is -1.15. The highest BCUT2D eigenvalue weighted by Crippen LogP contribution is 2.26. The van der Waals surface area contributed by atoms with Crippen LogP contribution in [0.25, 0.3) is 10.1 Å². The van der Waals surface area contributed by atoms with Gasteiger partial charge in [0.15, 0.2) is 5.78 Å². The summed E-state index contributed by atoms with van der Waals surface area (Å²) in [5, 5.41) is 3.08. The molecule has 0 aliphatic heterocycles. The third-order valence-corrected chi connectivity index (χ3v) is 3.22. The topological polar surface area (TPSA) is 17.1 Å². The molecule has 0 spiro atoms. The van der Waals surface area contributed by atoms with Gasteiger partial charge in [-0.25, -0.2) is 0 Å². The first-order valence-corrected chi connectivity index (χ1v) is 5.70. The van der Waals surface area contributed by atoms with E-state index in [2.05, 4.69) is 6.07 Å². The van der Waals surface area contributed by atoms with E-state index in [0.717, 1.165) is 17.4 Å². The molecule has 0 saturated carbocycles. The minimum atomic E-state index is 0.268. The van der Waals surface area contributed by atoms with E-state index in [1.165, 1.54) is 4.70 Å². The molecule has 1 aromatic carbocycles. The van der Waals surface area contributed by atoms with Crippen LogP contribution in [0.1, 0.15) is 30.1 Å². The number of hydrogen-bond donors (Lipinski definition) is 0. The normalized spacial score (nSPS) is 10.6. The minimum Gasteiger partial charge on any atom is -0.294 e. The summed E-state index contributed by atoms with van der Waals surface area (Å²) >= 11 is 1.65. The van der Waals surface area contributed by atoms with Gasteiger partial charge in [-0.15, -0.1) is 11.3 Å². The molecule has 0 N–H and O–H groups in total. The summed E-state index contributed by atoms with van der Waals surface area (Å²) < 4.78 is 1.20. The first-order valence-electron chi connectivity index (χ1n) is 4.82. The van der Waals surface area contributed by atoms with Gasteiger partial charge in [-0.2, -0.15) is 0 Å². The molecule has 0 unspecified atom stereocenters. The van der Waals surface area contributed by atoms with Crippen LogP contribution in [0.4, 0.5) is 0 Å². The fourth-order valence-electron chi connectivity index (χ4n) is 1.56. The second kappa shape index (κ2) is 3.93. The molecule has 2 aromatic rings. The smallest absolute Gasteiger partial charge is 0.164 e. The molecule has 0 aliphatic carbocycles. The number of benzene rings is 1. The number of carbonyl (C=O) groups excluding carboxylic acids is 1. The highest BCUT2D eigenvalue weighted by Gasteiger charge is 2.10. The third-order valence-electron chi connectivity index (χ3n) is 2.26. The predicted octanol–water partition coefficient (Wildman–Crippen LogP) is 3.88. The largest absolute Gasteiger partial charge is 0.294 e. The van der Waals surface area contributed by atoms with Crippen molar-refractivity contribution in [3.8, 4) is 0 Å². The summed E-state index contributed by atoms with van der Waals surface area (Å²) in [6.07, 6.45) is 1.57. The van der Waals surface area contributed by atoms with Crippen LogP contribution in [0, 0.1) is 0 Å². The van der Waals surface area contributed by atoms with Crippen LogP contribution in [0.5, 0.6) is 0 Å². The summed E-state index contributed by atoms with van der Waals surface area (Å²) in [6.45, 7) is 2.03. The van der Waals surface area contributed by atoms with Crippen molar-refractivity contribution in [3.63, 3.8) is 0 Å². The number of carbonyl (C=O) groups is 1. The van der Waals surface area contributed by atoms with Gasteiger partial charge in [-0.3, -0.25) is 4.79 Å². The molecule has 2 rings (SSSR count). The molecule has 1 heterocycles. The maximum Gasteiger partial charge on any atom is 0.164 e. The molecule has 1 nitrogen and oxygen atoms in total. The first kappa shape index (κ1) is 9.41. The van der Waals surface area contributed by atoms with Gasteiger partial charge in [0.25, 0.3) is 0 Å². The SMILES string of the molecule is CCCC(=O)c1csc2ccccc12. The third kappa shape index (κ3) is 1.58. The summed E-state index contributed by atoms with van der Waals surface area (Å²) in [5.74, 6) is 0.268. The molecule has 1 aromatic heterocycles. The number of fused-ring (bicyclic) bond motifs is 1. The molecule has 0 saturated heterocycles. The van der Waals surface area contributed by atoms with E-state index < -0.39 is 0 Å². The van der Waals surface area contributed by atoms with E-state index in [1.807, 2.05) is 30.5 Å². The van der Waals surface area contributed by atoms with Crippen molar-refractivity contribution in [2.24, 2.45) is 0 Å². The number of Topliss-reactive ketones (excluding diaryl/α,β-unsaturated/α-hetero) is 1. The first-order chi connectivity index (χ1) is 6.83. The van der Waals surface area contributed by atoms with Gasteiger partial charge in [0.05, 0.1) is 0 Å². The van der Waals surface area contributed by atoms with Crippen molar-refractivity contribution in [1.29, 1.82) is 0 Å². The standard InChI is InChI=1S/C12H12OS/c1-2-5-11(13)10-8-14-12-7-4-3-6-9(10)12/h3-4,6-8H,2,5H2,1H3. The van der Waals surface area contributed by atoms with Crippen LogP contribution in [0.2, 0.25) is 0 Å². The van der Waals surface area contributed by atoms with Gasteiger partial charge < -0.3 is 0 Å². The van der Waals surface area contributed by atoms with Crippen molar-refractivity contribution >= 4 is 27.2 Å². The van der Waals surface area contributed by atoms with Gasteiger partial charge in [0.1, 0.15) is 0 Å². The second-order valence-corrected chi connectivity index (χ2v) is 4.23. The Balaban J connectivity index is 2.47. The lowest BCUT2D eigenvalue weighted by molar-refractivity contribution is 0.0983. The van der Waals surface area contributed by atoms with E-state index in [9.17, 15) is 4.79 Å². The van der Waals surface area contributed by atoms with Gasteiger partial charge in [0.2, 0.25) is 0 Å². The fraction of sp³-hybridized carbons (Fsp3) is 0.250. The van der Waals surface area contributed by atoms with E-state index in [-0.39, 0.29) is 5.78 Å². The van der Waals surface area contributed by atoms with E-state index >= 15 is 0 Å². The summed E-state index contributed by atoms with van der Waals surface area (Å²) in [5.41, 5.74) is 0.896. The average molecular weight is 204 g/mol. The zero-order valence-electron chi connectivity index (χ0n) is 8.12. The van der Waals surface area contributed by atoms with E-state index in [0.29, 0.717) is 6.42 Å². The van der Waals surface area contributed by atoms with Crippen LogP contribution >= 0.6 is 11.3 Å². The monoisotopic (exact) mass is 204 g/mol. The zero-order chi connectivity index (χ0) is 9.97. The molecule has 2 heteroatoms. The number of rotatable bonds is 3. The summed E-state index contributed by atoms with van der Waals surface area (Å²) in [6, 6.07) is 8.07. The molecular weight excluding hydrogens is 192 g/mol. The second-order valence-electron chi connectivity index (χ2n) is 3.32. The van der Waals surface area contributed by atoms with E-state index in [4.69, 9.17) is 0 Å². The quantitative estimate of drug-likeness (QED) is 0.693. The van der Waals surface area contributed by atoms with Crippen molar-refractivity contribution in [1.82, 2.24) is 0 Å². The molecule has 0 fully saturated rings. The summed E-state index contributed by atoms with van der Waals surface area (Å²) in [4.78, 5) is 11.7. The molecule has 0 amide bonds. The van der Waals surface area contributed by atoms with Crippen LogP contribution in [0.15, 0.2) is 29.6 Å². The Morgan fingerprint density at radius 2 is 2.14 bits per heavy atom. The van der Waals surface area contributed by atoms with Crippen LogP contribution < -0.4 is 0 Å². The maximum atomic E-state index is 11.7. The highest BCUT2D eigenvalue weighted by molar-refractivity contribution is 7.17. The van der Waals surface area contributed by atoms with Crippen LogP contribution in [0.3, 0.4) is 0 Å². The molecule has 0 aliphatic rings. The molecule has 0 radical (unpaired) electrons. The lowest BCUT2D eigenvalue weighted by Gasteiger charge is -1.96. The molecular formula is C12H12OS. The lowest BCUT2D eigenvalue weighted by atomic mass is 10.1. The average Bonchev–Trinajstić information content (AvgIpc) is 2.61. The predicted molar refractivity (Wildman–Crippen MR) is 61.1 cm³/mol. The van der Waals surface area contributed by atoms with Gasteiger partial charge in [-0.05, 0) is 12.5 Å². The highest BCUT2D eigenvalue weighted by atomic mass is 32.1. The summed E-state index contributed by atoms with van der Waals surface area (Å²) in [7, 11) is 0. The molecule has 0 bridgehead atoms. The Kier molecular flexibility index (Phi) is 2.64. The van der Waals surface area contributed by atoms with Crippen molar-refractivity contribution in [2.75, 3.05) is 0 Å². The number of thiophene rings is 1. The fourth-order valence-corrected chi connectivity index (χ4v) is 2.52. The van der Waals surface area contributed by atoms with Gasteiger partial charge in [0, 0.05) is 27.5 Å². The Labute approximate surface area is 87.4 Å². The Morgan fingerprint density at radius 3 is 2.93 bits per heavy atom. The van der Waals surface area contributed by atoms with Crippen molar-refractivity contribution in [3.05, 3.63) is 35.2 Å². The van der Waals surface area contributed by atoms with Crippen molar-refractivity contribution in [2.45, 2.75) is 19.8 Å². The minimum absolute atomic E-state index is 0.268. The zero-order valence-corrected chi connectivity index (χ0v) is 8.93. The molecule has 72 valence electrons. The molecule has 0 atom stereocenters. The van der Waals surface area contributed by atoms with Gasteiger partial charge in [-0.1, -0.05) is 25.1 Å². The Bertz CT molecular complexity index is 456. The van der Waals surface area contributed by atoms with Crippen LogP contribution in [-0.2, 0) is 0 Å². The number of ketones is 1. The number of hydrogen-bond acceptors (Lipinski definition) is 2. The lowest BCUT2D eigenvalue weighted by Crippen LogP contribution is -1.95. The maximum absolute atomic E-state index is 11.7.